The van der Waals surface area contributed by atoms with Gasteiger partial charge in [0.15, 0.2) is 0 Å². The molecule has 2 aromatic heterocycles. The number of ether oxygens (including phenoxy) is 1. The highest BCUT2D eigenvalue weighted by Crippen LogP contribution is 2.40. The van der Waals surface area contributed by atoms with E-state index >= 15 is 0 Å². The van der Waals surface area contributed by atoms with Crippen molar-refractivity contribution in [1.82, 2.24) is 15.1 Å². The average molecular weight is 455 g/mol. The molecule has 6 nitrogen and oxygen atoms in total. The van der Waals surface area contributed by atoms with Gasteiger partial charge in [-0.25, -0.2) is 0 Å². The summed E-state index contributed by atoms with van der Waals surface area (Å²) in [6, 6.07) is 10.5. The zero-order chi connectivity index (χ0) is 23.2. The number of carbonyl (C=O) groups excluding carboxylic acids is 1. The molecule has 1 aliphatic carbocycles. The normalized spacial score (nSPS) is 15.7. The Hall–Kier alpha value is -3.62. The van der Waals surface area contributed by atoms with Crippen LogP contribution in [0.3, 0.4) is 0 Å². The van der Waals surface area contributed by atoms with Crippen molar-refractivity contribution in [2.24, 2.45) is 0 Å². The van der Waals surface area contributed by atoms with E-state index in [9.17, 15) is 18.0 Å². The second-order valence-corrected chi connectivity index (χ2v) is 8.02. The van der Waals surface area contributed by atoms with Crippen molar-refractivity contribution in [3.8, 4) is 22.8 Å². The van der Waals surface area contributed by atoms with Crippen LogP contribution in [0, 0.1) is 0 Å². The van der Waals surface area contributed by atoms with E-state index in [1.165, 1.54) is 12.1 Å². The summed E-state index contributed by atoms with van der Waals surface area (Å²) in [5.74, 6) is 0.196. The standard InChI is InChI=1S/C24H20F3N3O3/c1-2-32-20(31)12-13-6-8-17-18-11-14(7-9-19(18)28-21(13)17)22-29-23(33-30-22)15-4-3-5-16(10-15)24(25,26)27/h3-5,7,9-11,13,28H,2,6,8,12H2,1H3. The third-order valence-corrected chi connectivity index (χ3v) is 5.93. The Morgan fingerprint density at radius 3 is 2.85 bits per heavy atom. The summed E-state index contributed by atoms with van der Waals surface area (Å²) in [7, 11) is 0. The van der Waals surface area contributed by atoms with E-state index in [1.54, 1.807) is 6.92 Å². The highest BCUT2D eigenvalue weighted by atomic mass is 19.4. The summed E-state index contributed by atoms with van der Waals surface area (Å²) in [5.41, 5.74) is 3.27. The molecule has 0 bridgehead atoms. The van der Waals surface area contributed by atoms with Crippen LogP contribution >= 0.6 is 0 Å². The fourth-order valence-corrected chi connectivity index (χ4v) is 4.40. The predicted octanol–water partition coefficient (Wildman–Crippen LogP) is 5.89. The number of aromatic amines is 1. The van der Waals surface area contributed by atoms with Gasteiger partial charge in [-0.3, -0.25) is 4.79 Å². The van der Waals surface area contributed by atoms with Gasteiger partial charge >= 0.3 is 12.1 Å². The topological polar surface area (TPSA) is 81.0 Å². The Labute approximate surface area is 186 Å². The lowest BCUT2D eigenvalue weighted by Gasteiger charge is -2.08. The first kappa shape index (κ1) is 21.2. The second kappa shape index (κ2) is 8.06. The third kappa shape index (κ3) is 3.99. The zero-order valence-electron chi connectivity index (χ0n) is 17.7. The van der Waals surface area contributed by atoms with E-state index in [1.807, 2.05) is 18.2 Å². The zero-order valence-corrected chi connectivity index (χ0v) is 17.7. The van der Waals surface area contributed by atoms with E-state index in [2.05, 4.69) is 15.1 Å². The van der Waals surface area contributed by atoms with Gasteiger partial charge in [-0.1, -0.05) is 11.2 Å². The highest BCUT2D eigenvalue weighted by molar-refractivity contribution is 5.89. The minimum absolute atomic E-state index is 0.0185. The van der Waals surface area contributed by atoms with Crippen molar-refractivity contribution in [1.29, 1.82) is 0 Å². The van der Waals surface area contributed by atoms with E-state index in [-0.39, 0.29) is 23.3 Å². The fourth-order valence-electron chi connectivity index (χ4n) is 4.40. The molecule has 2 heterocycles. The first-order chi connectivity index (χ1) is 15.8. The maximum absolute atomic E-state index is 13.0. The molecule has 0 amide bonds. The lowest BCUT2D eigenvalue weighted by atomic mass is 10.0. The van der Waals surface area contributed by atoms with Gasteiger partial charge in [0.1, 0.15) is 0 Å². The van der Waals surface area contributed by atoms with Gasteiger partial charge in [0.25, 0.3) is 5.89 Å². The Morgan fingerprint density at radius 2 is 2.06 bits per heavy atom. The lowest BCUT2D eigenvalue weighted by Crippen LogP contribution is -2.08. The number of fused-ring (bicyclic) bond motifs is 3. The first-order valence-corrected chi connectivity index (χ1v) is 10.7. The molecule has 4 aromatic rings. The van der Waals surface area contributed by atoms with Gasteiger partial charge in [0.2, 0.25) is 5.82 Å². The third-order valence-electron chi connectivity index (χ3n) is 5.93. The minimum atomic E-state index is -4.45. The smallest absolute Gasteiger partial charge is 0.416 e. The van der Waals surface area contributed by atoms with Crippen LogP contribution in [-0.2, 0) is 22.1 Å². The molecule has 0 saturated carbocycles. The van der Waals surface area contributed by atoms with Crippen LogP contribution in [0.15, 0.2) is 47.0 Å². The molecule has 170 valence electrons. The minimum Gasteiger partial charge on any atom is -0.466 e. The number of rotatable bonds is 5. The van der Waals surface area contributed by atoms with Crippen LogP contribution in [-0.4, -0.2) is 27.7 Å². The van der Waals surface area contributed by atoms with Crippen molar-refractivity contribution in [3.63, 3.8) is 0 Å². The number of esters is 1. The summed E-state index contributed by atoms with van der Waals surface area (Å²) in [6.45, 7) is 2.15. The number of benzene rings is 2. The molecule has 2 aromatic carbocycles. The van der Waals surface area contributed by atoms with Crippen molar-refractivity contribution in [2.45, 2.75) is 38.3 Å². The lowest BCUT2D eigenvalue weighted by molar-refractivity contribution is -0.143. The number of H-pyrrole nitrogens is 1. The molecular formula is C24H20F3N3O3. The Bertz CT molecular complexity index is 1340. The Kier molecular flexibility index (Phi) is 5.19. The number of halogens is 3. The quantitative estimate of drug-likeness (QED) is 0.380. The molecule has 0 aliphatic heterocycles. The van der Waals surface area contributed by atoms with Gasteiger partial charge in [-0.2, -0.15) is 18.2 Å². The number of carbonyl (C=O) groups is 1. The number of aromatic nitrogens is 3. The molecule has 33 heavy (non-hydrogen) atoms. The molecule has 1 N–H and O–H groups in total. The molecule has 0 fully saturated rings. The van der Waals surface area contributed by atoms with Crippen LogP contribution in [0.5, 0.6) is 0 Å². The molecular weight excluding hydrogens is 435 g/mol. The van der Waals surface area contributed by atoms with Crippen LogP contribution in [0.1, 0.15) is 42.5 Å². The fraction of sp³-hybridized carbons (Fsp3) is 0.292. The molecule has 0 spiro atoms. The van der Waals surface area contributed by atoms with E-state index in [4.69, 9.17) is 9.26 Å². The predicted molar refractivity (Wildman–Crippen MR) is 114 cm³/mol. The number of hydrogen-bond acceptors (Lipinski definition) is 5. The summed E-state index contributed by atoms with van der Waals surface area (Å²) in [5, 5.41) is 4.99. The summed E-state index contributed by atoms with van der Waals surface area (Å²) in [4.78, 5) is 19.7. The van der Waals surface area contributed by atoms with E-state index in [0.717, 1.165) is 47.1 Å². The first-order valence-electron chi connectivity index (χ1n) is 10.7. The van der Waals surface area contributed by atoms with Crippen molar-refractivity contribution < 1.29 is 27.2 Å². The Morgan fingerprint density at radius 1 is 1.21 bits per heavy atom. The largest absolute Gasteiger partial charge is 0.466 e. The number of nitrogens with one attached hydrogen (secondary N) is 1. The number of aryl methyl sites for hydroxylation is 1. The summed E-state index contributed by atoms with van der Waals surface area (Å²) >= 11 is 0. The maximum Gasteiger partial charge on any atom is 0.416 e. The van der Waals surface area contributed by atoms with Crippen LogP contribution in [0.25, 0.3) is 33.7 Å². The molecule has 1 aliphatic rings. The van der Waals surface area contributed by atoms with E-state index in [0.29, 0.717) is 24.4 Å². The van der Waals surface area contributed by atoms with Crippen molar-refractivity contribution >= 4 is 16.9 Å². The highest BCUT2D eigenvalue weighted by Gasteiger charge is 2.31. The monoisotopic (exact) mass is 455 g/mol. The maximum atomic E-state index is 13.0. The van der Waals surface area contributed by atoms with E-state index < -0.39 is 11.7 Å². The number of hydrogen-bond donors (Lipinski definition) is 1. The van der Waals surface area contributed by atoms with Gasteiger partial charge in [-0.05, 0) is 61.7 Å². The molecule has 1 unspecified atom stereocenters. The SMILES string of the molecule is CCOC(=O)CC1CCc2c1[nH]c1ccc(-c3noc(-c4cccc(C(F)(F)F)c4)n3)cc21. The molecule has 5 rings (SSSR count). The molecule has 0 radical (unpaired) electrons. The van der Waals surface area contributed by atoms with Gasteiger partial charge in [0.05, 0.1) is 18.6 Å². The summed E-state index contributed by atoms with van der Waals surface area (Å²) < 4.78 is 49.4. The molecule has 0 saturated heterocycles. The second-order valence-electron chi connectivity index (χ2n) is 8.02. The van der Waals surface area contributed by atoms with Crippen molar-refractivity contribution in [2.75, 3.05) is 6.61 Å². The van der Waals surface area contributed by atoms with Crippen molar-refractivity contribution in [3.05, 3.63) is 59.3 Å². The Balaban J connectivity index is 1.44. The van der Waals surface area contributed by atoms with Gasteiger partial charge < -0.3 is 14.2 Å². The van der Waals surface area contributed by atoms with Gasteiger partial charge in [0, 0.05) is 33.6 Å². The summed E-state index contributed by atoms with van der Waals surface area (Å²) in [6.07, 6.45) is -2.41. The van der Waals surface area contributed by atoms with Gasteiger partial charge in [-0.15, -0.1) is 0 Å². The van der Waals surface area contributed by atoms with Crippen LogP contribution in [0.4, 0.5) is 13.2 Å². The number of nitrogens with zero attached hydrogens (tertiary/aromatic N) is 2. The molecule has 9 heteroatoms. The average Bonchev–Trinajstić information content (AvgIpc) is 3.50. The van der Waals surface area contributed by atoms with Crippen LogP contribution in [0.2, 0.25) is 0 Å². The molecule has 1 atom stereocenters. The number of alkyl halides is 3. The van der Waals surface area contributed by atoms with Crippen LogP contribution < -0.4 is 0 Å².